The van der Waals surface area contributed by atoms with Crippen molar-refractivity contribution in [3.8, 4) is 6.07 Å². The summed E-state index contributed by atoms with van der Waals surface area (Å²) in [5.41, 5.74) is 10.3. The summed E-state index contributed by atoms with van der Waals surface area (Å²) in [6, 6.07) is 15.6. The van der Waals surface area contributed by atoms with Gasteiger partial charge in [0.15, 0.2) is 0 Å². The Labute approximate surface area is 170 Å². The van der Waals surface area contributed by atoms with Crippen LogP contribution in [0.2, 0.25) is 0 Å². The molecule has 7 heteroatoms. The number of benzene rings is 2. The lowest BCUT2D eigenvalue weighted by Gasteiger charge is -2.22. The fraction of sp³-hybridized carbons (Fsp3) is 0.318. The standard InChI is InChI=1S/C22H24N6O/c23-12-16-3-6-20-19(11-16)21(27-14-26-20)25-9-7-15-1-4-17(5-2-15)22(29)28-10-8-18(24)13-28/h1-6,11,14,18,21,25H,7-10,13,24H2,(H,26,27). The summed E-state index contributed by atoms with van der Waals surface area (Å²) < 4.78 is 0. The van der Waals surface area contributed by atoms with Crippen molar-refractivity contribution in [2.45, 2.75) is 25.0 Å². The lowest BCUT2D eigenvalue weighted by molar-refractivity contribution is 0.0791. The number of nitrogens with two attached hydrogens (primary N) is 1. The Morgan fingerprint density at radius 2 is 2.14 bits per heavy atom. The van der Waals surface area contributed by atoms with Crippen LogP contribution in [0.15, 0.2) is 47.5 Å². The zero-order valence-electron chi connectivity index (χ0n) is 16.1. The molecule has 0 saturated carbocycles. The summed E-state index contributed by atoms with van der Waals surface area (Å²) in [7, 11) is 0. The molecule has 0 radical (unpaired) electrons. The van der Waals surface area contributed by atoms with Crippen LogP contribution in [-0.2, 0) is 6.42 Å². The van der Waals surface area contributed by atoms with E-state index in [4.69, 9.17) is 11.0 Å². The highest BCUT2D eigenvalue weighted by Crippen LogP contribution is 2.27. The predicted molar refractivity (Wildman–Crippen MR) is 113 cm³/mol. The van der Waals surface area contributed by atoms with Gasteiger partial charge in [-0.05, 0) is 48.7 Å². The first-order valence-corrected chi connectivity index (χ1v) is 9.83. The molecule has 0 bridgehead atoms. The molecule has 1 saturated heterocycles. The minimum absolute atomic E-state index is 0.0524. The van der Waals surface area contributed by atoms with Crippen LogP contribution < -0.4 is 16.4 Å². The van der Waals surface area contributed by atoms with Crippen molar-refractivity contribution in [3.63, 3.8) is 0 Å². The van der Waals surface area contributed by atoms with Gasteiger partial charge in [0.2, 0.25) is 0 Å². The third-order valence-corrected chi connectivity index (χ3v) is 5.38. The SMILES string of the molecule is N#Cc1ccc2c(c1)C(NCCc1ccc(C(=O)N3CCC(N)C3)cc1)N=CN2. The van der Waals surface area contributed by atoms with Gasteiger partial charge in [0.05, 0.1) is 18.0 Å². The van der Waals surface area contributed by atoms with E-state index in [0.717, 1.165) is 42.7 Å². The quantitative estimate of drug-likeness (QED) is 0.726. The Morgan fingerprint density at radius 3 is 2.86 bits per heavy atom. The average Bonchev–Trinajstić information content (AvgIpc) is 3.20. The number of carbonyl (C=O) groups is 1. The van der Waals surface area contributed by atoms with E-state index >= 15 is 0 Å². The van der Waals surface area contributed by atoms with Crippen molar-refractivity contribution in [1.29, 1.82) is 5.26 Å². The molecular formula is C22H24N6O. The van der Waals surface area contributed by atoms with Crippen molar-refractivity contribution in [2.75, 3.05) is 25.0 Å². The maximum absolute atomic E-state index is 12.5. The fourth-order valence-corrected chi connectivity index (χ4v) is 3.74. The van der Waals surface area contributed by atoms with Gasteiger partial charge in [0.1, 0.15) is 6.17 Å². The van der Waals surface area contributed by atoms with E-state index in [1.54, 1.807) is 12.4 Å². The number of carbonyl (C=O) groups excluding carboxylic acids is 1. The first-order chi connectivity index (χ1) is 14.1. The van der Waals surface area contributed by atoms with E-state index in [1.807, 2.05) is 41.3 Å². The van der Waals surface area contributed by atoms with Crippen LogP contribution in [0.25, 0.3) is 0 Å². The van der Waals surface area contributed by atoms with Crippen molar-refractivity contribution < 1.29 is 4.79 Å². The van der Waals surface area contributed by atoms with E-state index in [2.05, 4.69) is 21.7 Å². The number of fused-ring (bicyclic) bond motifs is 1. The number of nitrogens with one attached hydrogen (secondary N) is 2. The number of nitrogens with zero attached hydrogens (tertiary/aromatic N) is 3. The molecule has 0 spiro atoms. The van der Waals surface area contributed by atoms with E-state index < -0.39 is 0 Å². The monoisotopic (exact) mass is 388 g/mol. The van der Waals surface area contributed by atoms with Crippen LogP contribution in [0, 0.1) is 11.3 Å². The molecule has 4 N–H and O–H groups in total. The number of amides is 1. The Balaban J connectivity index is 1.33. The van der Waals surface area contributed by atoms with Crippen molar-refractivity contribution >= 4 is 17.9 Å². The molecule has 0 aromatic heterocycles. The van der Waals surface area contributed by atoms with Gasteiger partial charge < -0.3 is 16.0 Å². The molecule has 0 aliphatic carbocycles. The number of aliphatic imine (C=N–C) groups is 1. The minimum atomic E-state index is -0.181. The molecule has 1 amide bonds. The number of hydrogen-bond acceptors (Lipinski definition) is 6. The van der Waals surface area contributed by atoms with Crippen LogP contribution in [0.5, 0.6) is 0 Å². The van der Waals surface area contributed by atoms with Gasteiger partial charge in [-0.2, -0.15) is 5.26 Å². The number of rotatable bonds is 5. The van der Waals surface area contributed by atoms with Gasteiger partial charge in [-0.25, -0.2) is 0 Å². The lowest BCUT2D eigenvalue weighted by atomic mass is 10.0. The molecule has 2 unspecified atom stereocenters. The number of likely N-dealkylation sites (tertiary alicyclic amines) is 1. The second-order valence-corrected chi connectivity index (χ2v) is 7.44. The second kappa shape index (κ2) is 8.43. The molecule has 2 aromatic carbocycles. The highest BCUT2D eigenvalue weighted by molar-refractivity contribution is 5.94. The summed E-state index contributed by atoms with van der Waals surface area (Å²) in [4.78, 5) is 18.8. The normalized spacial score (nSPS) is 20.1. The predicted octanol–water partition coefficient (Wildman–Crippen LogP) is 2.02. The van der Waals surface area contributed by atoms with Crippen LogP contribution in [0.4, 0.5) is 5.69 Å². The van der Waals surface area contributed by atoms with Crippen molar-refractivity contribution in [3.05, 3.63) is 64.7 Å². The smallest absolute Gasteiger partial charge is 0.253 e. The van der Waals surface area contributed by atoms with E-state index in [0.29, 0.717) is 17.7 Å². The third kappa shape index (κ3) is 4.29. The van der Waals surface area contributed by atoms with Gasteiger partial charge in [-0.15, -0.1) is 0 Å². The summed E-state index contributed by atoms with van der Waals surface area (Å²) in [6.45, 7) is 2.10. The highest BCUT2D eigenvalue weighted by Gasteiger charge is 2.24. The van der Waals surface area contributed by atoms with Gasteiger partial charge >= 0.3 is 0 Å². The van der Waals surface area contributed by atoms with Gasteiger partial charge in [0.25, 0.3) is 5.91 Å². The van der Waals surface area contributed by atoms with Crippen molar-refractivity contribution in [1.82, 2.24) is 10.2 Å². The number of hydrogen-bond donors (Lipinski definition) is 3. The molecule has 1 fully saturated rings. The molecule has 148 valence electrons. The summed E-state index contributed by atoms with van der Waals surface area (Å²) >= 11 is 0. The Bertz CT molecular complexity index is 962. The summed E-state index contributed by atoms with van der Waals surface area (Å²) in [5.74, 6) is 0.0524. The Morgan fingerprint density at radius 1 is 1.31 bits per heavy atom. The third-order valence-electron chi connectivity index (χ3n) is 5.38. The van der Waals surface area contributed by atoms with E-state index in [1.165, 1.54) is 0 Å². The van der Waals surface area contributed by atoms with Crippen molar-refractivity contribution in [2.24, 2.45) is 10.7 Å². The molecule has 29 heavy (non-hydrogen) atoms. The molecule has 2 aliphatic heterocycles. The van der Waals surface area contributed by atoms with Crippen LogP contribution in [0.3, 0.4) is 0 Å². The van der Waals surface area contributed by atoms with Gasteiger partial charge in [-0.3, -0.25) is 15.1 Å². The number of nitriles is 1. The molecule has 2 aromatic rings. The molecule has 2 heterocycles. The Kier molecular flexibility index (Phi) is 5.56. The zero-order valence-corrected chi connectivity index (χ0v) is 16.1. The van der Waals surface area contributed by atoms with Gasteiger partial charge in [-0.1, -0.05) is 12.1 Å². The zero-order chi connectivity index (χ0) is 20.2. The van der Waals surface area contributed by atoms with E-state index in [9.17, 15) is 4.79 Å². The largest absolute Gasteiger partial charge is 0.346 e. The topological polar surface area (TPSA) is 107 Å². The fourth-order valence-electron chi connectivity index (χ4n) is 3.74. The Hall–Kier alpha value is -3.21. The first kappa shape index (κ1) is 19.1. The maximum atomic E-state index is 12.5. The average molecular weight is 388 g/mol. The molecular weight excluding hydrogens is 364 g/mol. The molecule has 7 nitrogen and oxygen atoms in total. The molecule has 2 atom stereocenters. The van der Waals surface area contributed by atoms with Crippen LogP contribution in [0.1, 0.15) is 39.6 Å². The summed E-state index contributed by atoms with van der Waals surface area (Å²) in [6.07, 6.45) is 3.18. The van der Waals surface area contributed by atoms with Crippen LogP contribution in [-0.4, -0.2) is 42.8 Å². The lowest BCUT2D eigenvalue weighted by Crippen LogP contribution is -2.31. The highest BCUT2D eigenvalue weighted by atomic mass is 16.2. The number of anilines is 1. The van der Waals surface area contributed by atoms with E-state index in [-0.39, 0.29) is 18.1 Å². The minimum Gasteiger partial charge on any atom is -0.346 e. The molecule has 4 rings (SSSR count). The van der Waals surface area contributed by atoms with Gasteiger partial charge in [0, 0.05) is 42.5 Å². The molecule has 2 aliphatic rings. The second-order valence-electron chi connectivity index (χ2n) is 7.44. The van der Waals surface area contributed by atoms with Crippen LogP contribution >= 0.6 is 0 Å². The summed E-state index contributed by atoms with van der Waals surface area (Å²) in [5, 5.41) is 15.7. The first-order valence-electron chi connectivity index (χ1n) is 9.83. The maximum Gasteiger partial charge on any atom is 0.253 e.